The molecular weight excluding hydrogens is 262 g/mol. The van der Waals surface area contributed by atoms with Crippen LogP contribution in [0, 0.1) is 0 Å². The van der Waals surface area contributed by atoms with Crippen molar-refractivity contribution in [3.63, 3.8) is 0 Å². The van der Waals surface area contributed by atoms with E-state index in [4.69, 9.17) is 14.6 Å². The van der Waals surface area contributed by atoms with E-state index in [1.165, 1.54) is 13.2 Å². The summed E-state index contributed by atoms with van der Waals surface area (Å²) in [7, 11) is 4.78. The van der Waals surface area contributed by atoms with Crippen molar-refractivity contribution in [2.45, 2.75) is 6.61 Å². The molecule has 20 heavy (non-hydrogen) atoms. The fourth-order valence-corrected chi connectivity index (χ4v) is 1.80. The minimum absolute atomic E-state index is 0.101. The first-order valence-electron chi connectivity index (χ1n) is 5.87. The molecule has 0 aliphatic carbocycles. The molecule has 0 fully saturated rings. The largest absolute Gasteiger partial charge is 0.496 e. The molecule has 0 radical (unpaired) electrons. The highest BCUT2D eigenvalue weighted by molar-refractivity contribution is 5.91. The monoisotopic (exact) mass is 277 g/mol. The predicted octanol–water partition coefficient (Wildman–Crippen LogP) is 1.34. The molecule has 0 unspecified atom stereocenters. The van der Waals surface area contributed by atoms with Gasteiger partial charge in [-0.05, 0) is 18.2 Å². The Balaban J connectivity index is 2.43. The molecule has 0 saturated carbocycles. The van der Waals surface area contributed by atoms with Gasteiger partial charge in [-0.1, -0.05) is 0 Å². The third-order valence-electron chi connectivity index (χ3n) is 2.82. The third kappa shape index (κ3) is 2.62. The first kappa shape index (κ1) is 14.0. The number of ether oxygens (including phenoxy) is 2. The fraction of sp³-hybridized carbons (Fsp3) is 0.308. The van der Waals surface area contributed by atoms with Crippen molar-refractivity contribution in [1.82, 2.24) is 14.8 Å². The van der Waals surface area contributed by atoms with Gasteiger partial charge in [0.1, 0.15) is 17.9 Å². The van der Waals surface area contributed by atoms with Crippen LogP contribution in [0.25, 0.3) is 11.4 Å². The smallest absolute Gasteiger partial charge is 0.339 e. The molecule has 7 nitrogen and oxygen atoms in total. The van der Waals surface area contributed by atoms with Gasteiger partial charge in [-0.2, -0.15) is 5.10 Å². The van der Waals surface area contributed by atoms with E-state index in [9.17, 15) is 4.79 Å². The van der Waals surface area contributed by atoms with Crippen molar-refractivity contribution in [3.8, 4) is 17.1 Å². The average Bonchev–Trinajstić information content (AvgIpc) is 2.80. The van der Waals surface area contributed by atoms with Gasteiger partial charge in [-0.25, -0.2) is 9.78 Å². The third-order valence-corrected chi connectivity index (χ3v) is 2.82. The number of methoxy groups -OCH3 is 2. The molecule has 1 aromatic heterocycles. The SMILES string of the molecule is COCc1nc(-c2ccc(C(=O)O)c(OC)c2)nn1C. The summed E-state index contributed by atoms with van der Waals surface area (Å²) in [5.74, 6) is 0.414. The normalized spacial score (nSPS) is 10.6. The minimum atomic E-state index is -1.04. The van der Waals surface area contributed by atoms with Crippen LogP contribution in [0.2, 0.25) is 0 Å². The van der Waals surface area contributed by atoms with Crippen molar-refractivity contribution in [3.05, 3.63) is 29.6 Å². The highest BCUT2D eigenvalue weighted by atomic mass is 16.5. The summed E-state index contributed by atoms with van der Waals surface area (Å²) in [5, 5.41) is 13.3. The second kappa shape index (κ2) is 5.70. The zero-order chi connectivity index (χ0) is 14.7. The number of carboxylic acid groups (broad SMARTS) is 1. The van der Waals surface area contributed by atoms with Crippen LogP contribution in [0.5, 0.6) is 5.75 Å². The van der Waals surface area contributed by atoms with Crippen LogP contribution in [0.1, 0.15) is 16.2 Å². The molecule has 0 aliphatic heterocycles. The molecule has 1 heterocycles. The van der Waals surface area contributed by atoms with Gasteiger partial charge < -0.3 is 14.6 Å². The molecule has 0 aliphatic rings. The maximum absolute atomic E-state index is 11.0. The standard InChI is InChI=1S/C13H15N3O4/c1-16-11(7-19-2)14-12(15-16)8-4-5-9(13(17)18)10(6-8)20-3/h4-6H,7H2,1-3H3,(H,17,18). The van der Waals surface area contributed by atoms with Crippen LogP contribution >= 0.6 is 0 Å². The molecule has 1 aromatic carbocycles. The molecule has 0 amide bonds. The van der Waals surface area contributed by atoms with E-state index in [1.807, 2.05) is 0 Å². The number of nitrogens with zero attached hydrogens (tertiary/aromatic N) is 3. The lowest BCUT2D eigenvalue weighted by molar-refractivity contribution is 0.0693. The van der Waals surface area contributed by atoms with Crippen molar-refractivity contribution in [1.29, 1.82) is 0 Å². The van der Waals surface area contributed by atoms with Crippen molar-refractivity contribution in [2.24, 2.45) is 7.05 Å². The highest BCUT2D eigenvalue weighted by Gasteiger charge is 2.15. The summed E-state index contributed by atoms with van der Waals surface area (Å²) in [4.78, 5) is 15.4. The molecule has 1 N–H and O–H groups in total. The van der Waals surface area contributed by atoms with Crippen LogP contribution in [-0.4, -0.2) is 40.1 Å². The second-order valence-corrected chi connectivity index (χ2v) is 4.13. The average molecular weight is 277 g/mol. The van der Waals surface area contributed by atoms with Crippen molar-refractivity contribution < 1.29 is 19.4 Å². The number of carbonyl (C=O) groups is 1. The minimum Gasteiger partial charge on any atom is -0.496 e. The van der Waals surface area contributed by atoms with Gasteiger partial charge in [0.05, 0.1) is 7.11 Å². The van der Waals surface area contributed by atoms with Crippen LogP contribution in [0.15, 0.2) is 18.2 Å². The lowest BCUT2D eigenvalue weighted by Crippen LogP contribution is -2.00. The summed E-state index contributed by atoms with van der Waals surface area (Å²) in [6.07, 6.45) is 0. The number of carboxylic acids is 1. The number of aromatic carboxylic acids is 1. The van der Waals surface area contributed by atoms with Gasteiger partial charge in [-0.3, -0.25) is 4.68 Å². The highest BCUT2D eigenvalue weighted by Crippen LogP contribution is 2.25. The van der Waals surface area contributed by atoms with Crippen LogP contribution in [-0.2, 0) is 18.4 Å². The van der Waals surface area contributed by atoms with Gasteiger partial charge in [-0.15, -0.1) is 0 Å². The van der Waals surface area contributed by atoms with Gasteiger partial charge >= 0.3 is 5.97 Å². The zero-order valence-electron chi connectivity index (χ0n) is 11.5. The molecule has 106 valence electrons. The van der Waals surface area contributed by atoms with E-state index in [0.717, 1.165) is 0 Å². The van der Waals surface area contributed by atoms with E-state index in [2.05, 4.69) is 10.1 Å². The lowest BCUT2D eigenvalue weighted by atomic mass is 10.1. The predicted molar refractivity (Wildman–Crippen MR) is 70.7 cm³/mol. The molecule has 0 spiro atoms. The second-order valence-electron chi connectivity index (χ2n) is 4.13. The first-order chi connectivity index (χ1) is 9.56. The van der Waals surface area contributed by atoms with E-state index in [0.29, 0.717) is 23.8 Å². The maximum atomic E-state index is 11.0. The van der Waals surface area contributed by atoms with E-state index >= 15 is 0 Å². The Morgan fingerprint density at radius 3 is 2.75 bits per heavy atom. The van der Waals surface area contributed by atoms with Crippen molar-refractivity contribution >= 4 is 5.97 Å². The molecule has 7 heteroatoms. The van der Waals surface area contributed by atoms with Gasteiger partial charge in [0, 0.05) is 19.7 Å². The van der Waals surface area contributed by atoms with Gasteiger partial charge in [0.2, 0.25) is 0 Å². The number of aromatic nitrogens is 3. The quantitative estimate of drug-likeness (QED) is 0.887. The Labute approximate surface area is 115 Å². The topological polar surface area (TPSA) is 86.5 Å². The van der Waals surface area contributed by atoms with Crippen molar-refractivity contribution in [2.75, 3.05) is 14.2 Å². The Hall–Kier alpha value is -2.41. The maximum Gasteiger partial charge on any atom is 0.339 e. The zero-order valence-corrected chi connectivity index (χ0v) is 11.5. The molecule has 0 bridgehead atoms. The van der Waals surface area contributed by atoms with E-state index < -0.39 is 5.97 Å². The Kier molecular flexibility index (Phi) is 3.99. The van der Waals surface area contributed by atoms with Crippen LogP contribution in [0.4, 0.5) is 0 Å². The summed E-state index contributed by atoms with van der Waals surface area (Å²) in [5.41, 5.74) is 0.786. The number of hydrogen-bond donors (Lipinski definition) is 1. The fourth-order valence-electron chi connectivity index (χ4n) is 1.80. The Morgan fingerprint density at radius 1 is 1.40 bits per heavy atom. The molecular formula is C13H15N3O4. The van der Waals surface area contributed by atoms with E-state index in [1.54, 1.807) is 31.0 Å². The van der Waals surface area contributed by atoms with E-state index in [-0.39, 0.29) is 11.3 Å². The van der Waals surface area contributed by atoms with Gasteiger partial charge in [0.15, 0.2) is 11.6 Å². The summed E-state index contributed by atoms with van der Waals surface area (Å²) in [6, 6.07) is 4.73. The van der Waals surface area contributed by atoms with Crippen LogP contribution in [0.3, 0.4) is 0 Å². The molecule has 2 aromatic rings. The summed E-state index contributed by atoms with van der Waals surface area (Å²) >= 11 is 0. The van der Waals surface area contributed by atoms with Crippen LogP contribution < -0.4 is 4.74 Å². The number of rotatable bonds is 5. The number of aryl methyl sites for hydroxylation is 1. The van der Waals surface area contributed by atoms with Gasteiger partial charge in [0.25, 0.3) is 0 Å². The Bertz CT molecular complexity index is 637. The summed E-state index contributed by atoms with van der Waals surface area (Å²) in [6.45, 7) is 0.355. The molecule has 2 rings (SSSR count). The first-order valence-corrected chi connectivity index (χ1v) is 5.87. The Morgan fingerprint density at radius 2 is 2.15 bits per heavy atom. The molecule has 0 atom stereocenters. The summed E-state index contributed by atoms with van der Waals surface area (Å²) < 4.78 is 11.7. The molecule has 0 saturated heterocycles. The number of hydrogen-bond acceptors (Lipinski definition) is 5. The number of benzene rings is 1. The lowest BCUT2D eigenvalue weighted by Gasteiger charge is -2.05.